The Morgan fingerprint density at radius 3 is 0.940 bits per heavy atom. The number of aliphatic hydroxyl groups is 2. The van der Waals surface area contributed by atoms with Crippen molar-refractivity contribution in [3.63, 3.8) is 0 Å². The number of aliphatic hydroxyl groups excluding tert-OH is 2. The van der Waals surface area contributed by atoms with E-state index in [1.165, 1.54) is 122 Å². The maximum Gasteiger partial charge on any atom is 0.472 e. The molecule has 0 spiro atoms. The van der Waals surface area contributed by atoms with Crippen molar-refractivity contribution >= 4 is 19.8 Å². The molecule has 11 heteroatoms. The molecule has 10 nitrogen and oxygen atoms in total. The van der Waals surface area contributed by atoms with Crippen LogP contribution >= 0.6 is 7.82 Å². The second-order valence-corrected chi connectivity index (χ2v) is 15.4. The van der Waals surface area contributed by atoms with Crippen molar-refractivity contribution in [2.24, 2.45) is 0 Å². The molecule has 0 aliphatic heterocycles. The minimum Gasteiger partial charge on any atom is -0.457 e. The average Bonchev–Trinajstić information content (AvgIpc) is 3.10. The molecule has 3 unspecified atom stereocenters. The maximum absolute atomic E-state index is 12.3. The molecule has 0 saturated heterocycles. The van der Waals surface area contributed by atoms with E-state index in [1.54, 1.807) is 0 Å². The van der Waals surface area contributed by atoms with Crippen LogP contribution in [0.15, 0.2) is 0 Å². The van der Waals surface area contributed by atoms with Gasteiger partial charge in [-0.25, -0.2) is 4.57 Å². The highest BCUT2D eigenvalue weighted by Crippen LogP contribution is 2.43. The van der Waals surface area contributed by atoms with Crippen molar-refractivity contribution in [2.45, 2.75) is 212 Å². The number of esters is 2. The van der Waals surface area contributed by atoms with E-state index in [1.807, 2.05) is 0 Å². The average molecular weight is 737 g/mol. The highest BCUT2D eigenvalue weighted by Gasteiger charge is 2.27. The van der Waals surface area contributed by atoms with Crippen LogP contribution in [0.2, 0.25) is 0 Å². The maximum atomic E-state index is 12.3. The van der Waals surface area contributed by atoms with Crippen LogP contribution in [0.5, 0.6) is 0 Å². The minimum atomic E-state index is -4.62. The highest BCUT2D eigenvalue weighted by atomic mass is 31.2. The lowest BCUT2D eigenvalue weighted by molar-refractivity contribution is -0.153. The van der Waals surface area contributed by atoms with Gasteiger partial charge in [0.25, 0.3) is 0 Å². The standard InChI is InChI=1S/C39H77O10P/c1-3-5-7-9-11-12-13-14-15-16-17-18-19-20-21-22-23-25-27-29-31-39(43)49-37(33-41)35-47-50(44,45)46-34-36(32-40)48-38(42)30-28-26-24-10-8-6-4-2/h36-37,40-41H,3-35H2,1-2H3,(H,44,45). The lowest BCUT2D eigenvalue weighted by atomic mass is 10.0. The van der Waals surface area contributed by atoms with E-state index in [0.717, 1.165) is 38.5 Å². The summed E-state index contributed by atoms with van der Waals surface area (Å²) in [4.78, 5) is 34.2. The molecule has 0 saturated carbocycles. The Balaban J connectivity index is 3.82. The van der Waals surface area contributed by atoms with E-state index in [9.17, 15) is 29.3 Å². The lowest BCUT2D eigenvalue weighted by Gasteiger charge is -2.20. The van der Waals surface area contributed by atoms with Crippen LogP contribution in [-0.2, 0) is 32.7 Å². The third-order valence-corrected chi connectivity index (χ3v) is 10.0. The first kappa shape index (κ1) is 49.0. The number of carbonyl (C=O) groups is 2. The number of rotatable bonds is 39. The Bertz CT molecular complexity index is 812. The third-order valence-electron chi connectivity index (χ3n) is 9.07. The summed E-state index contributed by atoms with van der Waals surface area (Å²) in [5.74, 6) is -1.01. The number of phosphoric ester groups is 1. The molecule has 298 valence electrons. The molecule has 0 aromatic carbocycles. The van der Waals surface area contributed by atoms with Crippen LogP contribution < -0.4 is 0 Å². The second kappa shape index (κ2) is 36.3. The number of phosphoric acid groups is 1. The Morgan fingerprint density at radius 2 is 0.700 bits per heavy atom. The van der Waals surface area contributed by atoms with Gasteiger partial charge in [-0.3, -0.25) is 18.6 Å². The van der Waals surface area contributed by atoms with Gasteiger partial charge in [0.05, 0.1) is 26.4 Å². The molecule has 0 radical (unpaired) electrons. The summed E-state index contributed by atoms with van der Waals surface area (Å²) in [6, 6.07) is 0. The summed E-state index contributed by atoms with van der Waals surface area (Å²) in [6.07, 6.45) is 31.1. The summed E-state index contributed by atoms with van der Waals surface area (Å²) in [5.41, 5.74) is 0. The highest BCUT2D eigenvalue weighted by molar-refractivity contribution is 7.47. The molecule has 0 fully saturated rings. The molecular formula is C39H77O10P. The fraction of sp³-hybridized carbons (Fsp3) is 0.949. The van der Waals surface area contributed by atoms with Crippen molar-refractivity contribution < 1.29 is 47.8 Å². The molecule has 3 atom stereocenters. The predicted molar refractivity (Wildman–Crippen MR) is 201 cm³/mol. The fourth-order valence-corrected chi connectivity index (χ4v) is 6.66. The van der Waals surface area contributed by atoms with Crippen molar-refractivity contribution in [3.8, 4) is 0 Å². The van der Waals surface area contributed by atoms with Crippen molar-refractivity contribution in [2.75, 3.05) is 26.4 Å². The number of hydrogen-bond donors (Lipinski definition) is 3. The second-order valence-electron chi connectivity index (χ2n) is 14.0. The Kier molecular flexibility index (Phi) is 35.6. The van der Waals surface area contributed by atoms with Crippen LogP contribution in [0.4, 0.5) is 0 Å². The molecule has 0 amide bonds. The van der Waals surface area contributed by atoms with Crippen LogP contribution in [-0.4, -0.2) is 65.7 Å². The number of unbranched alkanes of at least 4 members (excludes halogenated alkanes) is 25. The summed E-state index contributed by atoms with van der Waals surface area (Å²) < 4.78 is 32.4. The van der Waals surface area contributed by atoms with Crippen molar-refractivity contribution in [3.05, 3.63) is 0 Å². The number of carbonyl (C=O) groups excluding carboxylic acids is 2. The van der Waals surface area contributed by atoms with E-state index in [0.29, 0.717) is 12.8 Å². The Labute approximate surface area is 305 Å². The van der Waals surface area contributed by atoms with Crippen LogP contribution in [0.1, 0.15) is 200 Å². The molecule has 0 heterocycles. The first-order valence-corrected chi connectivity index (χ1v) is 22.0. The van der Waals surface area contributed by atoms with Crippen LogP contribution in [0, 0.1) is 0 Å². The van der Waals surface area contributed by atoms with E-state index >= 15 is 0 Å². The van der Waals surface area contributed by atoms with Gasteiger partial charge in [-0.2, -0.15) is 0 Å². The van der Waals surface area contributed by atoms with Crippen LogP contribution in [0.25, 0.3) is 0 Å². The van der Waals surface area contributed by atoms with Gasteiger partial charge in [0.1, 0.15) is 12.2 Å². The summed E-state index contributed by atoms with van der Waals surface area (Å²) >= 11 is 0. The smallest absolute Gasteiger partial charge is 0.457 e. The van der Waals surface area contributed by atoms with Gasteiger partial charge in [-0.15, -0.1) is 0 Å². The fourth-order valence-electron chi connectivity index (χ4n) is 5.88. The zero-order valence-corrected chi connectivity index (χ0v) is 33.0. The normalized spacial score (nSPS) is 13.9. The van der Waals surface area contributed by atoms with Crippen LogP contribution in [0.3, 0.4) is 0 Å². The van der Waals surface area contributed by atoms with Gasteiger partial charge < -0.3 is 24.6 Å². The van der Waals surface area contributed by atoms with Gasteiger partial charge in [0.2, 0.25) is 0 Å². The van der Waals surface area contributed by atoms with Gasteiger partial charge >= 0.3 is 19.8 Å². The zero-order chi connectivity index (χ0) is 37.0. The lowest BCUT2D eigenvalue weighted by Crippen LogP contribution is -2.28. The zero-order valence-electron chi connectivity index (χ0n) is 32.1. The van der Waals surface area contributed by atoms with E-state index < -0.39 is 58.4 Å². The molecule has 3 N–H and O–H groups in total. The van der Waals surface area contributed by atoms with E-state index in [4.69, 9.17) is 18.5 Å². The molecule has 0 aromatic heterocycles. The predicted octanol–water partition coefficient (Wildman–Crippen LogP) is 10.3. The molecule has 0 aromatic rings. The summed E-state index contributed by atoms with van der Waals surface area (Å²) in [6.45, 7) is 2.17. The van der Waals surface area contributed by atoms with Gasteiger partial charge in [0, 0.05) is 12.8 Å². The summed E-state index contributed by atoms with van der Waals surface area (Å²) in [5, 5.41) is 19.0. The first-order chi connectivity index (χ1) is 24.3. The number of ether oxygens (including phenoxy) is 2. The van der Waals surface area contributed by atoms with Gasteiger partial charge in [-0.05, 0) is 12.8 Å². The minimum absolute atomic E-state index is 0.195. The molecular weight excluding hydrogens is 659 g/mol. The third kappa shape index (κ3) is 34.1. The van der Waals surface area contributed by atoms with E-state index in [2.05, 4.69) is 13.8 Å². The van der Waals surface area contributed by atoms with Crippen molar-refractivity contribution in [1.82, 2.24) is 0 Å². The SMILES string of the molecule is CCCCCCCCCCCCCCCCCCCCCCC(=O)OC(CO)COP(=O)(O)OCC(CO)OC(=O)CCCCCCCCC. The monoisotopic (exact) mass is 737 g/mol. The quantitative estimate of drug-likeness (QED) is 0.0316. The number of hydrogen-bond acceptors (Lipinski definition) is 9. The molecule has 0 rings (SSSR count). The molecule has 50 heavy (non-hydrogen) atoms. The van der Waals surface area contributed by atoms with E-state index in [-0.39, 0.29) is 12.8 Å². The van der Waals surface area contributed by atoms with Crippen molar-refractivity contribution in [1.29, 1.82) is 0 Å². The molecule has 0 aliphatic rings. The molecule has 0 aliphatic carbocycles. The largest absolute Gasteiger partial charge is 0.472 e. The first-order valence-electron chi connectivity index (χ1n) is 20.5. The Hall–Kier alpha value is -1.03. The molecule has 0 bridgehead atoms. The Morgan fingerprint density at radius 1 is 0.460 bits per heavy atom. The topological polar surface area (TPSA) is 149 Å². The van der Waals surface area contributed by atoms with Gasteiger partial charge in [-0.1, -0.05) is 174 Å². The summed E-state index contributed by atoms with van der Waals surface area (Å²) in [7, 11) is -4.62. The van der Waals surface area contributed by atoms with Gasteiger partial charge in [0.15, 0.2) is 0 Å².